The SMILES string of the molecule is CC(NC(CC(F)(F)F)c1ccccc1)c1nn[nH]n1. The molecule has 0 aliphatic rings. The Balaban J connectivity index is 2.15. The van der Waals surface area contributed by atoms with Gasteiger partial charge in [-0.15, -0.1) is 10.2 Å². The number of hydrogen-bond acceptors (Lipinski definition) is 4. The number of H-pyrrole nitrogens is 1. The summed E-state index contributed by atoms with van der Waals surface area (Å²) in [6.07, 6.45) is -5.22. The van der Waals surface area contributed by atoms with Gasteiger partial charge in [0.05, 0.1) is 12.5 Å². The summed E-state index contributed by atoms with van der Waals surface area (Å²) in [5.74, 6) is 0.327. The number of hydrogen-bond donors (Lipinski definition) is 2. The minimum absolute atomic E-state index is 0.327. The highest BCUT2D eigenvalue weighted by molar-refractivity contribution is 5.19. The highest BCUT2D eigenvalue weighted by atomic mass is 19.4. The Morgan fingerprint density at radius 1 is 1.25 bits per heavy atom. The molecule has 2 unspecified atom stereocenters. The molecular weight excluding hydrogens is 271 g/mol. The molecule has 0 bridgehead atoms. The zero-order chi connectivity index (χ0) is 14.6. The Morgan fingerprint density at radius 3 is 2.50 bits per heavy atom. The number of rotatable bonds is 5. The van der Waals surface area contributed by atoms with E-state index in [1.807, 2.05) is 0 Å². The van der Waals surface area contributed by atoms with Gasteiger partial charge in [-0.1, -0.05) is 35.5 Å². The maximum atomic E-state index is 12.7. The van der Waals surface area contributed by atoms with Gasteiger partial charge in [0.25, 0.3) is 0 Å². The molecule has 8 heteroatoms. The van der Waals surface area contributed by atoms with Crippen molar-refractivity contribution in [2.45, 2.75) is 31.6 Å². The van der Waals surface area contributed by atoms with Gasteiger partial charge < -0.3 is 5.32 Å². The molecule has 1 heterocycles. The van der Waals surface area contributed by atoms with Gasteiger partial charge in [-0.25, -0.2) is 0 Å². The van der Waals surface area contributed by atoms with Crippen LogP contribution in [0, 0.1) is 0 Å². The van der Waals surface area contributed by atoms with Gasteiger partial charge in [0, 0.05) is 6.04 Å². The standard InChI is InChI=1S/C12H14F3N5/c1-8(11-17-19-20-18-11)16-10(7-12(13,14)15)9-5-3-2-4-6-9/h2-6,8,10,16H,7H2,1H3,(H,17,18,19,20). The fourth-order valence-corrected chi connectivity index (χ4v) is 1.92. The number of nitrogens with one attached hydrogen (secondary N) is 2. The zero-order valence-corrected chi connectivity index (χ0v) is 10.7. The molecular formula is C12H14F3N5. The Hall–Kier alpha value is -1.96. The third kappa shape index (κ3) is 4.02. The summed E-state index contributed by atoms with van der Waals surface area (Å²) in [6, 6.07) is 7.19. The fraction of sp³-hybridized carbons (Fsp3) is 0.417. The molecule has 0 fully saturated rings. The van der Waals surface area contributed by atoms with Crippen LogP contribution in [0.25, 0.3) is 0 Å². The molecule has 20 heavy (non-hydrogen) atoms. The molecule has 2 atom stereocenters. The van der Waals surface area contributed by atoms with Crippen molar-refractivity contribution >= 4 is 0 Å². The number of aromatic nitrogens is 4. The maximum Gasteiger partial charge on any atom is 0.390 e. The van der Waals surface area contributed by atoms with E-state index in [2.05, 4.69) is 25.9 Å². The quantitative estimate of drug-likeness (QED) is 0.886. The van der Waals surface area contributed by atoms with Crippen molar-refractivity contribution in [3.63, 3.8) is 0 Å². The molecule has 0 saturated carbocycles. The van der Waals surface area contributed by atoms with Gasteiger partial charge >= 0.3 is 6.18 Å². The largest absolute Gasteiger partial charge is 0.390 e. The normalized spacial score (nSPS) is 15.0. The molecule has 108 valence electrons. The maximum absolute atomic E-state index is 12.7. The first-order valence-corrected chi connectivity index (χ1v) is 6.07. The van der Waals surface area contributed by atoms with Crippen LogP contribution in [0.2, 0.25) is 0 Å². The second-order valence-electron chi connectivity index (χ2n) is 4.44. The topological polar surface area (TPSA) is 66.5 Å². The number of tetrazole rings is 1. The Kier molecular flexibility index (Phi) is 4.33. The summed E-state index contributed by atoms with van der Waals surface area (Å²) < 4.78 is 38.1. The van der Waals surface area contributed by atoms with Crippen LogP contribution >= 0.6 is 0 Å². The van der Waals surface area contributed by atoms with Crippen LogP contribution in [0.4, 0.5) is 13.2 Å². The molecule has 0 amide bonds. The smallest absolute Gasteiger partial charge is 0.300 e. The average Bonchev–Trinajstić information content (AvgIpc) is 2.91. The van der Waals surface area contributed by atoms with Crippen LogP contribution < -0.4 is 5.32 Å². The Labute approximate surface area is 113 Å². The number of alkyl halides is 3. The number of aromatic amines is 1. The van der Waals surface area contributed by atoms with Crippen molar-refractivity contribution in [1.82, 2.24) is 25.9 Å². The van der Waals surface area contributed by atoms with Gasteiger partial charge in [-0.05, 0) is 12.5 Å². The molecule has 2 rings (SSSR count). The Morgan fingerprint density at radius 2 is 1.95 bits per heavy atom. The van der Waals surface area contributed by atoms with Gasteiger partial charge in [-0.3, -0.25) is 0 Å². The highest BCUT2D eigenvalue weighted by Gasteiger charge is 2.33. The summed E-state index contributed by atoms with van der Waals surface area (Å²) in [6.45, 7) is 1.69. The first-order valence-electron chi connectivity index (χ1n) is 6.07. The summed E-state index contributed by atoms with van der Waals surface area (Å²) in [5, 5.41) is 16.1. The predicted octanol–water partition coefficient (Wildman–Crippen LogP) is 2.54. The van der Waals surface area contributed by atoms with Crippen molar-refractivity contribution in [1.29, 1.82) is 0 Å². The van der Waals surface area contributed by atoms with E-state index < -0.39 is 24.7 Å². The molecule has 0 saturated heterocycles. The van der Waals surface area contributed by atoms with Crippen LogP contribution in [0.1, 0.15) is 36.8 Å². The van der Waals surface area contributed by atoms with E-state index in [-0.39, 0.29) is 0 Å². The third-order valence-electron chi connectivity index (χ3n) is 2.84. The minimum atomic E-state index is -4.26. The first-order chi connectivity index (χ1) is 9.46. The van der Waals surface area contributed by atoms with Crippen LogP contribution in [-0.4, -0.2) is 26.8 Å². The molecule has 0 radical (unpaired) electrons. The minimum Gasteiger partial charge on any atom is -0.300 e. The van der Waals surface area contributed by atoms with Crippen molar-refractivity contribution in [2.24, 2.45) is 0 Å². The third-order valence-corrected chi connectivity index (χ3v) is 2.84. The molecule has 2 N–H and O–H groups in total. The van der Waals surface area contributed by atoms with E-state index in [0.717, 1.165) is 0 Å². The molecule has 5 nitrogen and oxygen atoms in total. The predicted molar refractivity (Wildman–Crippen MR) is 65.6 cm³/mol. The van der Waals surface area contributed by atoms with Crippen LogP contribution in [0.5, 0.6) is 0 Å². The lowest BCUT2D eigenvalue weighted by atomic mass is 10.0. The van der Waals surface area contributed by atoms with Crippen LogP contribution in [0.15, 0.2) is 30.3 Å². The van der Waals surface area contributed by atoms with Gasteiger partial charge in [0.15, 0.2) is 5.82 Å². The number of halogens is 3. The van der Waals surface area contributed by atoms with Gasteiger partial charge in [-0.2, -0.15) is 18.4 Å². The van der Waals surface area contributed by atoms with E-state index in [0.29, 0.717) is 11.4 Å². The molecule has 0 aliphatic carbocycles. The molecule has 0 spiro atoms. The average molecular weight is 285 g/mol. The summed E-state index contributed by atoms with van der Waals surface area (Å²) in [5.41, 5.74) is 0.570. The number of benzene rings is 1. The second kappa shape index (κ2) is 6.00. The van der Waals surface area contributed by atoms with E-state index in [1.165, 1.54) is 0 Å². The summed E-state index contributed by atoms with van der Waals surface area (Å²) >= 11 is 0. The van der Waals surface area contributed by atoms with Gasteiger partial charge in [0.1, 0.15) is 0 Å². The Bertz CT molecular complexity index is 512. The monoisotopic (exact) mass is 285 g/mol. The van der Waals surface area contributed by atoms with Crippen molar-refractivity contribution in [3.05, 3.63) is 41.7 Å². The van der Waals surface area contributed by atoms with Crippen molar-refractivity contribution in [3.8, 4) is 0 Å². The molecule has 1 aromatic carbocycles. The lowest BCUT2D eigenvalue weighted by Crippen LogP contribution is -2.29. The summed E-state index contributed by atoms with van der Waals surface area (Å²) in [4.78, 5) is 0. The lowest BCUT2D eigenvalue weighted by Gasteiger charge is -2.23. The molecule has 0 aliphatic heterocycles. The van der Waals surface area contributed by atoms with Crippen molar-refractivity contribution < 1.29 is 13.2 Å². The highest BCUT2D eigenvalue weighted by Crippen LogP contribution is 2.30. The lowest BCUT2D eigenvalue weighted by molar-refractivity contribution is -0.140. The van der Waals surface area contributed by atoms with Crippen LogP contribution in [-0.2, 0) is 0 Å². The van der Waals surface area contributed by atoms with E-state index >= 15 is 0 Å². The van der Waals surface area contributed by atoms with Crippen LogP contribution in [0.3, 0.4) is 0 Å². The summed E-state index contributed by atoms with van der Waals surface area (Å²) in [7, 11) is 0. The van der Waals surface area contributed by atoms with E-state index in [9.17, 15) is 13.2 Å². The van der Waals surface area contributed by atoms with E-state index in [4.69, 9.17) is 0 Å². The first kappa shape index (κ1) is 14.4. The van der Waals surface area contributed by atoms with E-state index in [1.54, 1.807) is 37.3 Å². The number of nitrogens with zero attached hydrogens (tertiary/aromatic N) is 3. The second-order valence-corrected chi connectivity index (χ2v) is 4.44. The molecule has 1 aromatic heterocycles. The van der Waals surface area contributed by atoms with Crippen molar-refractivity contribution in [2.75, 3.05) is 0 Å². The van der Waals surface area contributed by atoms with Gasteiger partial charge in [0.2, 0.25) is 0 Å². The molecule has 2 aromatic rings. The zero-order valence-electron chi connectivity index (χ0n) is 10.7. The fourth-order valence-electron chi connectivity index (χ4n) is 1.92.